The number of fused-ring (bicyclic) bond motifs is 1. The van der Waals surface area contributed by atoms with Gasteiger partial charge in [-0.2, -0.15) is 0 Å². The van der Waals surface area contributed by atoms with E-state index in [0.717, 1.165) is 11.6 Å². The van der Waals surface area contributed by atoms with Gasteiger partial charge in [0.2, 0.25) is 11.8 Å². The van der Waals surface area contributed by atoms with Crippen LogP contribution in [0.5, 0.6) is 0 Å². The molecule has 2 amide bonds. The zero-order chi connectivity index (χ0) is 17.6. The normalized spacial score (nSPS) is 20.1. The molecular formula is C17H18FN5O2. The number of rotatable bonds is 2. The lowest BCUT2D eigenvalue weighted by Crippen LogP contribution is -2.42. The van der Waals surface area contributed by atoms with E-state index < -0.39 is 11.7 Å². The van der Waals surface area contributed by atoms with Gasteiger partial charge in [-0.3, -0.25) is 9.59 Å². The molecule has 3 heterocycles. The molecule has 0 unspecified atom stereocenters. The Morgan fingerprint density at radius 2 is 2.04 bits per heavy atom. The average molecular weight is 343 g/mol. The maximum atomic E-state index is 14.0. The number of carbonyl (C=O) groups excluding carboxylic acids is 2. The monoisotopic (exact) mass is 343 g/mol. The molecule has 1 saturated heterocycles. The molecular weight excluding hydrogens is 325 g/mol. The van der Waals surface area contributed by atoms with Gasteiger partial charge in [0, 0.05) is 26.1 Å². The third-order valence-corrected chi connectivity index (χ3v) is 4.87. The largest absolute Gasteiger partial charge is 0.333 e. The van der Waals surface area contributed by atoms with E-state index in [9.17, 15) is 14.0 Å². The van der Waals surface area contributed by atoms with Gasteiger partial charge < -0.3 is 14.4 Å². The molecule has 2 aromatic rings. The van der Waals surface area contributed by atoms with Crippen LogP contribution in [0.2, 0.25) is 0 Å². The van der Waals surface area contributed by atoms with Crippen molar-refractivity contribution in [2.45, 2.75) is 26.4 Å². The van der Waals surface area contributed by atoms with Crippen LogP contribution in [0.4, 0.5) is 10.1 Å². The van der Waals surface area contributed by atoms with Crippen molar-refractivity contribution in [2.75, 3.05) is 18.0 Å². The minimum absolute atomic E-state index is 0.0842. The summed E-state index contributed by atoms with van der Waals surface area (Å²) in [5, 5.41) is 8.13. The summed E-state index contributed by atoms with van der Waals surface area (Å²) >= 11 is 0. The molecule has 0 spiro atoms. The topological polar surface area (TPSA) is 71.3 Å². The van der Waals surface area contributed by atoms with Crippen molar-refractivity contribution >= 4 is 17.5 Å². The Morgan fingerprint density at radius 1 is 1.24 bits per heavy atom. The standard InChI is InChI=1S/C17H18FN5O2/c1-11-19-20-15-10-21(6-7-22(11)15)17(25)12-8-16(24)23(9-12)14-5-3-2-4-13(14)18/h2-5,12H,6-10H2,1H3/t12-/m1/s1. The lowest BCUT2D eigenvalue weighted by atomic mass is 10.1. The SMILES string of the molecule is Cc1nnc2n1CCN(C(=O)[C@@H]1CC(=O)N(c3ccccc3F)C1)C2. The number of para-hydroxylation sites is 1. The summed E-state index contributed by atoms with van der Waals surface area (Å²) in [6, 6.07) is 6.14. The van der Waals surface area contributed by atoms with E-state index in [4.69, 9.17) is 0 Å². The van der Waals surface area contributed by atoms with Gasteiger partial charge in [0.25, 0.3) is 0 Å². The molecule has 1 aromatic carbocycles. The van der Waals surface area contributed by atoms with Crippen molar-refractivity contribution in [2.24, 2.45) is 5.92 Å². The number of carbonyl (C=O) groups is 2. The molecule has 1 atom stereocenters. The fourth-order valence-electron chi connectivity index (χ4n) is 3.53. The summed E-state index contributed by atoms with van der Waals surface area (Å²) in [5.74, 6) is 0.378. The molecule has 2 aliphatic rings. The lowest BCUT2D eigenvalue weighted by Gasteiger charge is -2.29. The predicted octanol–water partition coefficient (Wildman–Crippen LogP) is 1.12. The molecule has 0 bridgehead atoms. The van der Waals surface area contributed by atoms with Gasteiger partial charge in [0.1, 0.15) is 11.6 Å². The minimum Gasteiger partial charge on any atom is -0.333 e. The highest BCUT2D eigenvalue weighted by molar-refractivity contribution is 6.00. The van der Waals surface area contributed by atoms with Crippen molar-refractivity contribution in [3.63, 3.8) is 0 Å². The first-order valence-electron chi connectivity index (χ1n) is 8.27. The second-order valence-electron chi connectivity index (χ2n) is 6.43. The predicted molar refractivity (Wildman–Crippen MR) is 87.0 cm³/mol. The van der Waals surface area contributed by atoms with E-state index in [1.54, 1.807) is 23.1 Å². The Labute approximate surface area is 144 Å². The van der Waals surface area contributed by atoms with Crippen LogP contribution >= 0.6 is 0 Å². The quantitative estimate of drug-likeness (QED) is 0.819. The Kier molecular flexibility index (Phi) is 3.74. The number of halogens is 1. The fourth-order valence-corrected chi connectivity index (χ4v) is 3.53. The highest BCUT2D eigenvalue weighted by Crippen LogP contribution is 2.29. The highest BCUT2D eigenvalue weighted by Gasteiger charge is 2.39. The van der Waals surface area contributed by atoms with Gasteiger partial charge in [-0.15, -0.1) is 10.2 Å². The van der Waals surface area contributed by atoms with E-state index in [2.05, 4.69) is 10.2 Å². The third-order valence-electron chi connectivity index (χ3n) is 4.87. The van der Waals surface area contributed by atoms with Crippen molar-refractivity contribution < 1.29 is 14.0 Å². The van der Waals surface area contributed by atoms with Crippen LogP contribution in [-0.4, -0.2) is 44.6 Å². The van der Waals surface area contributed by atoms with Gasteiger partial charge in [0.05, 0.1) is 18.2 Å². The maximum Gasteiger partial charge on any atom is 0.228 e. The molecule has 25 heavy (non-hydrogen) atoms. The second-order valence-corrected chi connectivity index (χ2v) is 6.43. The summed E-state index contributed by atoms with van der Waals surface area (Å²) in [7, 11) is 0. The maximum absolute atomic E-state index is 14.0. The van der Waals surface area contributed by atoms with Crippen LogP contribution in [-0.2, 0) is 22.7 Å². The first-order valence-corrected chi connectivity index (χ1v) is 8.27. The summed E-state index contributed by atoms with van der Waals surface area (Å²) < 4.78 is 16.0. The summed E-state index contributed by atoms with van der Waals surface area (Å²) in [4.78, 5) is 28.2. The molecule has 130 valence electrons. The number of aromatic nitrogens is 3. The van der Waals surface area contributed by atoms with Gasteiger partial charge >= 0.3 is 0 Å². The molecule has 0 saturated carbocycles. The summed E-state index contributed by atoms with van der Waals surface area (Å²) in [6.45, 7) is 3.70. The molecule has 1 fully saturated rings. The Hall–Kier alpha value is -2.77. The van der Waals surface area contributed by atoms with Crippen LogP contribution < -0.4 is 4.90 Å². The molecule has 4 rings (SSSR count). The van der Waals surface area contributed by atoms with E-state index in [1.807, 2.05) is 11.5 Å². The average Bonchev–Trinajstić information content (AvgIpc) is 3.18. The van der Waals surface area contributed by atoms with Crippen molar-refractivity contribution in [1.82, 2.24) is 19.7 Å². The zero-order valence-corrected chi connectivity index (χ0v) is 13.9. The second kappa shape index (κ2) is 5.94. The fraction of sp³-hybridized carbons (Fsp3) is 0.412. The first kappa shape index (κ1) is 15.7. The van der Waals surface area contributed by atoms with Gasteiger partial charge in [-0.05, 0) is 19.1 Å². The van der Waals surface area contributed by atoms with E-state index in [0.29, 0.717) is 19.6 Å². The van der Waals surface area contributed by atoms with Gasteiger partial charge in [-0.1, -0.05) is 12.1 Å². The van der Waals surface area contributed by atoms with E-state index >= 15 is 0 Å². The summed E-state index contributed by atoms with van der Waals surface area (Å²) in [6.07, 6.45) is 0.107. The van der Waals surface area contributed by atoms with E-state index in [-0.39, 0.29) is 30.5 Å². The van der Waals surface area contributed by atoms with Gasteiger partial charge in [-0.25, -0.2) is 4.39 Å². The Bertz CT molecular complexity index is 849. The van der Waals surface area contributed by atoms with Crippen molar-refractivity contribution in [1.29, 1.82) is 0 Å². The molecule has 0 N–H and O–H groups in total. The number of nitrogens with zero attached hydrogens (tertiary/aromatic N) is 5. The van der Waals surface area contributed by atoms with Crippen molar-refractivity contribution in [3.05, 3.63) is 41.7 Å². The number of anilines is 1. The number of aryl methyl sites for hydroxylation is 1. The number of benzene rings is 1. The molecule has 1 aromatic heterocycles. The minimum atomic E-state index is -0.456. The number of amides is 2. The molecule has 2 aliphatic heterocycles. The number of hydrogen-bond acceptors (Lipinski definition) is 4. The van der Waals surface area contributed by atoms with Crippen molar-refractivity contribution in [3.8, 4) is 0 Å². The first-order chi connectivity index (χ1) is 12.0. The van der Waals surface area contributed by atoms with Crippen LogP contribution in [0, 0.1) is 18.7 Å². The van der Waals surface area contributed by atoms with E-state index in [1.165, 1.54) is 11.0 Å². The summed E-state index contributed by atoms with van der Waals surface area (Å²) in [5.41, 5.74) is 0.233. The van der Waals surface area contributed by atoms with Crippen LogP contribution in [0.1, 0.15) is 18.1 Å². The van der Waals surface area contributed by atoms with Gasteiger partial charge in [0.15, 0.2) is 5.82 Å². The smallest absolute Gasteiger partial charge is 0.228 e. The molecule has 0 radical (unpaired) electrons. The van der Waals surface area contributed by atoms with Crippen LogP contribution in [0.25, 0.3) is 0 Å². The lowest BCUT2D eigenvalue weighted by molar-refractivity contribution is -0.137. The molecule has 7 nitrogen and oxygen atoms in total. The molecule has 0 aliphatic carbocycles. The highest BCUT2D eigenvalue weighted by atomic mass is 19.1. The molecule has 8 heteroatoms. The Morgan fingerprint density at radius 3 is 2.84 bits per heavy atom. The Balaban J connectivity index is 1.49. The van der Waals surface area contributed by atoms with Crippen LogP contribution in [0.15, 0.2) is 24.3 Å². The van der Waals surface area contributed by atoms with Crippen LogP contribution in [0.3, 0.4) is 0 Å². The zero-order valence-electron chi connectivity index (χ0n) is 13.9. The number of hydrogen-bond donors (Lipinski definition) is 0. The third kappa shape index (κ3) is 2.67.